The first-order valence-corrected chi connectivity index (χ1v) is 16.3. The Hall–Kier alpha value is -1.79. The Labute approximate surface area is 301 Å². The largest absolute Gasteiger partial charge is 4.00 e. The van der Waals surface area contributed by atoms with Crippen LogP contribution in [0.15, 0.2) is 54.6 Å². The van der Waals surface area contributed by atoms with Crippen LogP contribution in [0.4, 0.5) is 17.1 Å². The summed E-state index contributed by atoms with van der Waals surface area (Å²) < 4.78 is 0. The van der Waals surface area contributed by atoms with Crippen LogP contribution in [-0.4, -0.2) is 50.4 Å². The van der Waals surface area contributed by atoms with Gasteiger partial charge in [0.05, 0.1) is 0 Å². The molecule has 8 heteroatoms. The third kappa shape index (κ3) is 6.68. The number of hydrogen-bond donors (Lipinski definition) is 0. The van der Waals surface area contributed by atoms with Crippen molar-refractivity contribution in [3.05, 3.63) is 93.5 Å². The van der Waals surface area contributed by atoms with Crippen molar-refractivity contribution in [2.24, 2.45) is 0 Å². The minimum Gasteiger partial charge on any atom is -1.00 e. The molecular formula is C36H48Cl3N3SiTi. The molecule has 44 heavy (non-hydrogen) atoms. The number of nitrogens with zero attached hydrogens (tertiary/aromatic N) is 3. The molecule has 0 radical (unpaired) electrons. The van der Waals surface area contributed by atoms with Crippen molar-refractivity contribution < 1.29 is 58.9 Å². The van der Waals surface area contributed by atoms with Gasteiger partial charge in [-0.2, -0.15) is 22.3 Å². The number of rotatable bonds is 7. The molecule has 0 spiro atoms. The minimum atomic E-state index is -2.98. The van der Waals surface area contributed by atoms with Crippen molar-refractivity contribution in [3.8, 4) is 0 Å². The van der Waals surface area contributed by atoms with E-state index in [4.69, 9.17) is 0 Å². The molecule has 236 valence electrons. The molecule has 0 amide bonds. The van der Waals surface area contributed by atoms with E-state index >= 15 is 0 Å². The van der Waals surface area contributed by atoms with Crippen LogP contribution in [0, 0.1) is 48.5 Å². The first kappa shape index (κ1) is 42.2. The maximum Gasteiger partial charge on any atom is 4.00 e. The molecule has 4 rings (SSSR count). The first-order valence-electron chi connectivity index (χ1n) is 14.3. The van der Waals surface area contributed by atoms with Gasteiger partial charge < -0.3 is 51.9 Å². The molecule has 0 aliphatic rings. The molecule has 0 atom stereocenters. The number of aryl methyl sites for hydroxylation is 3. The van der Waals surface area contributed by atoms with Crippen LogP contribution in [0.3, 0.4) is 0 Å². The van der Waals surface area contributed by atoms with Gasteiger partial charge >= 0.3 is 21.7 Å². The molecule has 0 heterocycles. The molecule has 0 fully saturated rings. The average Bonchev–Trinajstić information content (AvgIpc) is 3.08. The molecule has 0 saturated heterocycles. The van der Waals surface area contributed by atoms with E-state index in [-0.39, 0.29) is 58.9 Å². The Morgan fingerprint density at radius 1 is 0.455 bits per heavy atom. The van der Waals surface area contributed by atoms with Gasteiger partial charge in [0.15, 0.2) is 0 Å². The third-order valence-electron chi connectivity index (χ3n) is 9.14. The second-order valence-corrected chi connectivity index (χ2v) is 15.7. The zero-order valence-corrected chi connectivity index (χ0v) is 33.5. The van der Waals surface area contributed by atoms with Gasteiger partial charge in [-0.15, -0.1) is 5.19 Å². The topological polar surface area (TPSA) is 9.72 Å². The summed E-state index contributed by atoms with van der Waals surface area (Å²) in [7, 11) is 10.2. The Morgan fingerprint density at radius 2 is 0.705 bits per heavy atom. The van der Waals surface area contributed by atoms with Crippen LogP contribution >= 0.6 is 0 Å². The van der Waals surface area contributed by atoms with Crippen molar-refractivity contribution in [1.82, 2.24) is 0 Å². The summed E-state index contributed by atoms with van der Waals surface area (Å²) in [5.41, 5.74) is 13.7. The zero-order valence-electron chi connectivity index (χ0n) is 28.7. The maximum atomic E-state index is 2.38. The molecule has 0 aliphatic carbocycles. The first-order chi connectivity index (χ1) is 18.8. The van der Waals surface area contributed by atoms with Gasteiger partial charge in [0.25, 0.3) is 0 Å². The van der Waals surface area contributed by atoms with E-state index in [1.807, 2.05) is 0 Å². The fourth-order valence-corrected chi connectivity index (χ4v) is 14.2. The zero-order chi connectivity index (χ0) is 29.7. The summed E-state index contributed by atoms with van der Waals surface area (Å²) in [6, 6.07) is 20.7. The summed E-state index contributed by atoms with van der Waals surface area (Å²) >= 11 is 0. The third-order valence-corrected chi connectivity index (χ3v) is 14.8. The van der Waals surface area contributed by atoms with Gasteiger partial charge in [0, 0.05) is 59.3 Å². The molecular weight excluding hydrogens is 657 g/mol. The molecule has 4 aromatic carbocycles. The Bertz CT molecular complexity index is 1410. The summed E-state index contributed by atoms with van der Waals surface area (Å²) in [6.07, 6.45) is 0. The van der Waals surface area contributed by atoms with Crippen LogP contribution in [0.25, 0.3) is 0 Å². The summed E-state index contributed by atoms with van der Waals surface area (Å²) in [4.78, 5) is 7.00. The van der Waals surface area contributed by atoms with Crippen molar-refractivity contribution in [2.75, 3.05) is 57.0 Å². The molecule has 0 saturated carbocycles. The van der Waals surface area contributed by atoms with Crippen LogP contribution in [0.5, 0.6) is 0 Å². The fraction of sp³-hybridized carbons (Fsp3) is 0.361. The normalized spacial score (nSPS) is 10.6. The second-order valence-electron chi connectivity index (χ2n) is 12.2. The number of hydrogen-bond acceptors (Lipinski definition) is 3. The van der Waals surface area contributed by atoms with Crippen molar-refractivity contribution >= 4 is 45.9 Å². The summed E-state index contributed by atoms with van der Waals surface area (Å²) in [6.45, 7) is 16.4. The SMILES string of the molecule is Cc1cccc(N(C)C)c1[Si](c1c(C)cccc1N(C)C)(c1c(C)cccc1N(C)C)[c-]1c(C)c(C)c(C)c1C.[Cl-].[Cl-].[Cl-].[Ti+4]. The molecule has 0 N–H and O–H groups in total. The number of halogens is 3. The maximum absolute atomic E-state index is 2.98. The molecule has 0 aromatic heterocycles. The van der Waals surface area contributed by atoms with Gasteiger partial charge in [-0.3, -0.25) is 0 Å². The van der Waals surface area contributed by atoms with Gasteiger partial charge in [0.2, 0.25) is 0 Å². The van der Waals surface area contributed by atoms with Crippen LogP contribution in [-0.2, 0) is 21.7 Å². The molecule has 4 aromatic rings. The Morgan fingerprint density at radius 3 is 0.932 bits per heavy atom. The van der Waals surface area contributed by atoms with Crippen LogP contribution in [0.2, 0.25) is 0 Å². The second kappa shape index (κ2) is 16.2. The van der Waals surface area contributed by atoms with E-state index in [0.717, 1.165) is 0 Å². The van der Waals surface area contributed by atoms with E-state index in [1.165, 1.54) is 71.6 Å². The van der Waals surface area contributed by atoms with Gasteiger partial charge in [0.1, 0.15) is 8.07 Å². The molecule has 0 bridgehead atoms. The molecule has 0 unspecified atom stereocenters. The quantitative estimate of drug-likeness (QED) is 0.111. The van der Waals surface area contributed by atoms with Gasteiger partial charge in [-0.1, -0.05) is 64.1 Å². The minimum absolute atomic E-state index is 0. The van der Waals surface area contributed by atoms with E-state index in [9.17, 15) is 0 Å². The monoisotopic (exact) mass is 703 g/mol. The average molecular weight is 705 g/mol. The summed E-state index contributed by atoms with van der Waals surface area (Å²) in [5, 5.41) is 6.03. The Balaban J connectivity index is 0.00000462. The van der Waals surface area contributed by atoms with Crippen molar-refractivity contribution in [2.45, 2.75) is 48.5 Å². The van der Waals surface area contributed by atoms with Gasteiger partial charge in [-0.25, -0.2) is 0 Å². The Kier molecular flexibility index (Phi) is 15.5. The number of benzene rings is 3. The van der Waals surface area contributed by atoms with Crippen molar-refractivity contribution in [3.63, 3.8) is 0 Å². The van der Waals surface area contributed by atoms with Crippen LogP contribution < -0.4 is 72.7 Å². The van der Waals surface area contributed by atoms with E-state index < -0.39 is 8.07 Å². The molecule has 0 aliphatic heterocycles. The summed E-state index contributed by atoms with van der Waals surface area (Å²) in [5.74, 6) is 0. The molecule has 3 nitrogen and oxygen atoms in total. The van der Waals surface area contributed by atoms with Crippen molar-refractivity contribution in [1.29, 1.82) is 0 Å². The van der Waals surface area contributed by atoms with E-state index in [0.29, 0.717) is 0 Å². The van der Waals surface area contributed by atoms with E-state index in [1.54, 1.807) is 5.19 Å². The predicted octanol–water partition coefficient (Wildman–Crippen LogP) is -3.85. The van der Waals surface area contributed by atoms with Crippen LogP contribution in [0.1, 0.15) is 38.9 Å². The standard InChI is InChI=1S/C36H48N3Si.3ClH.Ti/c1-23-17-14-20-30(37(8)9)33(23)40(36-28(6)26(4)27(5)29(36)7,34-24(2)18-15-21-31(34)38(10)11)35-25(3)19-16-22-32(35)39(12)13;;;;/h14-22H,1-13H3;3*1H;/q-1;;;;+4/p-3. The number of anilines is 3. The van der Waals surface area contributed by atoms with Gasteiger partial charge in [-0.05, 0) is 71.2 Å². The predicted molar refractivity (Wildman–Crippen MR) is 182 cm³/mol. The smallest absolute Gasteiger partial charge is 1.00 e. The fourth-order valence-electron chi connectivity index (χ4n) is 7.07. The van der Waals surface area contributed by atoms with E-state index in [2.05, 4.69) is 160 Å².